The molecule has 0 aliphatic heterocycles. The molecule has 4 rings (SSSR count). The van der Waals surface area contributed by atoms with E-state index in [0.717, 1.165) is 44.2 Å². The van der Waals surface area contributed by atoms with E-state index in [1.165, 1.54) is 11.8 Å². The molecule has 1 amide bonds. The fourth-order valence-corrected chi connectivity index (χ4v) is 5.35. The van der Waals surface area contributed by atoms with E-state index in [1.54, 1.807) is 6.92 Å². The number of fused-ring (bicyclic) bond motifs is 3. The van der Waals surface area contributed by atoms with Gasteiger partial charge in [0.15, 0.2) is 15.9 Å². The number of esters is 1. The number of thiazole rings is 1. The average molecular weight is 498 g/mol. The van der Waals surface area contributed by atoms with Gasteiger partial charge in [-0.2, -0.15) is 0 Å². The third kappa shape index (κ3) is 5.07. The second-order valence-corrected chi connectivity index (χ2v) is 10.6. The van der Waals surface area contributed by atoms with Gasteiger partial charge in [0.2, 0.25) is 5.91 Å². The molecule has 178 valence electrons. The van der Waals surface area contributed by atoms with E-state index in [0.29, 0.717) is 28.1 Å². The van der Waals surface area contributed by atoms with Crippen molar-refractivity contribution in [1.82, 2.24) is 19.6 Å². The van der Waals surface area contributed by atoms with Crippen molar-refractivity contribution in [2.45, 2.75) is 46.2 Å². The molecule has 3 heterocycles. The maximum Gasteiger partial charge on any atom is 0.350 e. The normalized spacial score (nSPS) is 11.5. The lowest BCUT2D eigenvalue weighted by Gasteiger charge is -2.10. The van der Waals surface area contributed by atoms with E-state index in [4.69, 9.17) is 4.74 Å². The van der Waals surface area contributed by atoms with Gasteiger partial charge in [0.1, 0.15) is 4.88 Å². The second kappa shape index (κ2) is 10.1. The Morgan fingerprint density at radius 2 is 1.97 bits per heavy atom. The Morgan fingerprint density at radius 3 is 2.74 bits per heavy atom. The van der Waals surface area contributed by atoms with Crippen LogP contribution in [0.3, 0.4) is 0 Å². The smallest absolute Gasteiger partial charge is 0.350 e. The van der Waals surface area contributed by atoms with Crippen molar-refractivity contribution in [3.63, 3.8) is 0 Å². The molecule has 0 aliphatic rings. The number of amides is 1. The molecule has 0 fully saturated rings. The zero-order valence-corrected chi connectivity index (χ0v) is 21.5. The summed E-state index contributed by atoms with van der Waals surface area (Å²) < 4.78 is 7.33. The summed E-state index contributed by atoms with van der Waals surface area (Å²) >= 11 is 2.62. The number of hydrogen-bond donors (Lipinski definition) is 1. The van der Waals surface area contributed by atoms with Crippen LogP contribution >= 0.6 is 23.1 Å². The summed E-state index contributed by atoms with van der Waals surface area (Å²) in [5.41, 5.74) is 4.73. The zero-order chi connectivity index (χ0) is 24.4. The fraction of sp³-hybridized carbons (Fsp3) is 0.375. The highest BCUT2D eigenvalue weighted by Crippen LogP contribution is 2.28. The van der Waals surface area contributed by atoms with Crippen molar-refractivity contribution in [3.8, 4) is 0 Å². The Hall–Kier alpha value is -2.98. The quantitative estimate of drug-likeness (QED) is 0.264. The van der Waals surface area contributed by atoms with Crippen LogP contribution < -0.4 is 5.32 Å². The second-order valence-electron chi connectivity index (χ2n) is 8.55. The van der Waals surface area contributed by atoms with Crippen LogP contribution in [0, 0.1) is 26.7 Å². The molecule has 0 unspecified atom stereocenters. The summed E-state index contributed by atoms with van der Waals surface area (Å²) in [7, 11) is 0. The Morgan fingerprint density at radius 1 is 1.18 bits per heavy atom. The van der Waals surface area contributed by atoms with Crippen molar-refractivity contribution in [2.24, 2.45) is 5.92 Å². The van der Waals surface area contributed by atoms with Gasteiger partial charge in [0.05, 0.1) is 17.8 Å². The molecule has 3 aromatic heterocycles. The third-order valence-electron chi connectivity index (χ3n) is 5.23. The van der Waals surface area contributed by atoms with Gasteiger partial charge in [0.25, 0.3) is 0 Å². The maximum absolute atomic E-state index is 12.5. The summed E-state index contributed by atoms with van der Waals surface area (Å²) in [6, 6.07) is 8.25. The molecule has 0 radical (unpaired) electrons. The summed E-state index contributed by atoms with van der Waals surface area (Å²) in [6.07, 6.45) is 0.272. The van der Waals surface area contributed by atoms with Crippen LogP contribution in [0.2, 0.25) is 0 Å². The van der Waals surface area contributed by atoms with Crippen LogP contribution in [0.1, 0.15) is 46.8 Å². The molecule has 4 aromatic rings. The number of carbonyl (C=O) groups is 2. The number of rotatable bonds is 8. The summed E-state index contributed by atoms with van der Waals surface area (Å²) in [4.78, 5) is 29.5. The summed E-state index contributed by atoms with van der Waals surface area (Å²) in [6.45, 7) is 10.2. The van der Waals surface area contributed by atoms with Crippen molar-refractivity contribution in [3.05, 3.63) is 46.0 Å². The SMILES string of the molecule is Cc1nc(NC(=O)CCSc2nnc3cc(C)c4cccc(C)c4n23)sc1C(=O)OCC(C)C. The fourth-order valence-electron chi connectivity index (χ4n) is 3.59. The molecule has 1 N–H and O–H groups in total. The van der Waals surface area contributed by atoms with Gasteiger partial charge in [-0.1, -0.05) is 55.1 Å². The number of nitrogens with zero attached hydrogens (tertiary/aromatic N) is 4. The summed E-state index contributed by atoms with van der Waals surface area (Å²) in [5.74, 6) is 0.203. The van der Waals surface area contributed by atoms with Crippen molar-refractivity contribution in [1.29, 1.82) is 0 Å². The van der Waals surface area contributed by atoms with Crippen molar-refractivity contribution in [2.75, 3.05) is 17.7 Å². The van der Waals surface area contributed by atoms with Gasteiger partial charge in [0, 0.05) is 17.6 Å². The molecule has 0 atom stereocenters. The Balaban J connectivity index is 1.41. The molecule has 0 aliphatic carbocycles. The van der Waals surface area contributed by atoms with Crippen molar-refractivity contribution >= 4 is 56.7 Å². The minimum absolute atomic E-state index is 0.172. The highest BCUT2D eigenvalue weighted by Gasteiger charge is 2.19. The topological polar surface area (TPSA) is 98.5 Å². The lowest BCUT2D eigenvalue weighted by Crippen LogP contribution is -2.12. The number of benzene rings is 1. The van der Waals surface area contributed by atoms with E-state index in [-0.39, 0.29) is 18.2 Å². The van der Waals surface area contributed by atoms with Crippen LogP contribution in [0.25, 0.3) is 16.6 Å². The minimum atomic E-state index is -0.406. The van der Waals surface area contributed by atoms with Gasteiger partial charge in [-0.15, -0.1) is 10.2 Å². The molecular formula is C24H27N5O3S2. The monoisotopic (exact) mass is 497 g/mol. The number of ether oxygens (including phenoxy) is 1. The van der Waals surface area contributed by atoms with Crippen LogP contribution in [-0.2, 0) is 9.53 Å². The largest absolute Gasteiger partial charge is 0.461 e. The lowest BCUT2D eigenvalue weighted by molar-refractivity contribution is -0.115. The third-order valence-corrected chi connectivity index (χ3v) is 7.21. The molecule has 0 saturated carbocycles. The van der Waals surface area contributed by atoms with Gasteiger partial charge in [-0.25, -0.2) is 9.78 Å². The first-order valence-electron chi connectivity index (χ1n) is 11.1. The highest BCUT2D eigenvalue weighted by molar-refractivity contribution is 7.99. The Labute approximate surface area is 206 Å². The molecule has 10 heteroatoms. The number of nitrogens with one attached hydrogen (secondary N) is 1. The Kier molecular flexibility index (Phi) is 7.18. The molecule has 0 saturated heterocycles. The standard InChI is InChI=1S/C24H27N5O3S2/c1-13(2)12-32-22(31)21-16(5)25-23(34-21)26-19(30)9-10-33-24-28-27-18-11-15(4)17-8-6-7-14(3)20(17)29(18)24/h6-8,11,13H,9-10,12H2,1-5H3,(H,25,26,30). The van der Waals surface area contributed by atoms with E-state index in [1.807, 2.05) is 26.0 Å². The molecule has 8 nitrogen and oxygen atoms in total. The van der Waals surface area contributed by atoms with Crippen molar-refractivity contribution < 1.29 is 14.3 Å². The van der Waals surface area contributed by atoms with E-state index < -0.39 is 5.97 Å². The number of aromatic nitrogens is 4. The number of para-hydroxylation sites is 1. The predicted molar refractivity (Wildman–Crippen MR) is 136 cm³/mol. The van der Waals surface area contributed by atoms with Crippen LogP contribution in [0.15, 0.2) is 29.4 Å². The maximum atomic E-state index is 12.5. The van der Waals surface area contributed by atoms with Crippen LogP contribution in [-0.4, -0.2) is 43.8 Å². The molecule has 0 bridgehead atoms. The number of hydrogen-bond acceptors (Lipinski definition) is 8. The van der Waals surface area contributed by atoms with Crippen LogP contribution in [0.4, 0.5) is 5.13 Å². The number of aryl methyl sites for hydroxylation is 3. The highest BCUT2D eigenvalue weighted by atomic mass is 32.2. The van der Waals surface area contributed by atoms with Gasteiger partial charge in [-0.3, -0.25) is 9.20 Å². The van der Waals surface area contributed by atoms with E-state index in [9.17, 15) is 9.59 Å². The van der Waals surface area contributed by atoms with Crippen LogP contribution in [0.5, 0.6) is 0 Å². The number of thioether (sulfide) groups is 1. The first-order chi connectivity index (χ1) is 16.2. The average Bonchev–Trinajstić information content (AvgIpc) is 3.35. The first-order valence-corrected chi connectivity index (χ1v) is 12.9. The van der Waals surface area contributed by atoms with Gasteiger partial charge >= 0.3 is 5.97 Å². The van der Waals surface area contributed by atoms with E-state index >= 15 is 0 Å². The molecular weight excluding hydrogens is 470 g/mol. The van der Waals surface area contributed by atoms with Gasteiger partial charge in [-0.05, 0) is 43.9 Å². The van der Waals surface area contributed by atoms with E-state index in [2.05, 4.69) is 50.9 Å². The molecule has 34 heavy (non-hydrogen) atoms. The number of pyridine rings is 1. The van der Waals surface area contributed by atoms with Gasteiger partial charge < -0.3 is 10.1 Å². The number of anilines is 1. The zero-order valence-electron chi connectivity index (χ0n) is 19.8. The lowest BCUT2D eigenvalue weighted by atomic mass is 10.1. The molecule has 0 spiro atoms. The first kappa shape index (κ1) is 24.2. The molecule has 1 aromatic carbocycles. The minimum Gasteiger partial charge on any atom is -0.461 e. The summed E-state index contributed by atoms with van der Waals surface area (Å²) in [5, 5.41) is 13.8. The number of carbonyl (C=O) groups excluding carboxylic acids is 2. The Bertz CT molecular complexity index is 1380. The predicted octanol–water partition coefficient (Wildman–Crippen LogP) is 5.20.